The molecule has 3 rings (SSSR count). The third-order valence-electron chi connectivity index (χ3n) is 4.84. The number of aryl methyl sites for hydroxylation is 1. The lowest BCUT2D eigenvalue weighted by molar-refractivity contribution is -0.120. The molecule has 0 bridgehead atoms. The first-order valence-electron chi connectivity index (χ1n) is 11.2. The molecule has 3 aromatic rings. The maximum absolute atomic E-state index is 12.2. The predicted molar refractivity (Wildman–Crippen MR) is 135 cm³/mol. The number of rotatable bonds is 11. The maximum Gasteiger partial charge on any atom is 0.244 e. The highest BCUT2D eigenvalue weighted by Crippen LogP contribution is 2.37. The summed E-state index contributed by atoms with van der Waals surface area (Å²) in [6.45, 7) is 7.28. The fraction of sp³-hybridized carbons (Fsp3) is 0.259. The summed E-state index contributed by atoms with van der Waals surface area (Å²) >= 11 is 6.48. The Balaban J connectivity index is 1.62. The van der Waals surface area contributed by atoms with Crippen molar-refractivity contribution in [2.45, 2.75) is 33.8 Å². The molecule has 1 N–H and O–H groups in total. The summed E-state index contributed by atoms with van der Waals surface area (Å²) in [5, 5.41) is 4.46. The van der Waals surface area contributed by atoms with Gasteiger partial charge in [-0.25, -0.2) is 5.43 Å². The Kier molecular flexibility index (Phi) is 9.35. The van der Waals surface area contributed by atoms with Gasteiger partial charge in [0.15, 0.2) is 11.5 Å². The molecular formula is C27H29ClN2O4. The lowest BCUT2D eigenvalue weighted by Gasteiger charge is -2.14. The lowest BCUT2D eigenvalue weighted by Crippen LogP contribution is -2.19. The quantitative estimate of drug-likeness (QED) is 0.281. The first-order valence-corrected chi connectivity index (χ1v) is 11.5. The van der Waals surface area contributed by atoms with Crippen LogP contribution in [0, 0.1) is 6.92 Å². The number of halogens is 1. The molecule has 0 heterocycles. The van der Waals surface area contributed by atoms with E-state index in [1.165, 1.54) is 11.8 Å². The van der Waals surface area contributed by atoms with E-state index >= 15 is 0 Å². The van der Waals surface area contributed by atoms with Crippen molar-refractivity contribution in [2.75, 3.05) is 13.2 Å². The highest BCUT2D eigenvalue weighted by atomic mass is 35.5. The Labute approximate surface area is 205 Å². The molecule has 1 amide bonds. The molecule has 178 valence electrons. The molecule has 0 saturated heterocycles. The molecule has 0 aliphatic heterocycles. The third kappa shape index (κ3) is 7.52. The van der Waals surface area contributed by atoms with Gasteiger partial charge in [-0.2, -0.15) is 5.10 Å². The second kappa shape index (κ2) is 12.7. The van der Waals surface area contributed by atoms with Crippen LogP contribution in [0.1, 0.15) is 36.1 Å². The molecule has 34 heavy (non-hydrogen) atoms. The SMILES string of the molecule is CCOc1ccc(CC(=O)N/N=C\c2cc(Cl)c(OCc3ccc(C)cc3)c(OCC)c2)cc1. The number of carbonyl (C=O) groups excluding carboxylic acids is 1. The highest BCUT2D eigenvalue weighted by Gasteiger charge is 2.13. The van der Waals surface area contributed by atoms with Crippen LogP contribution < -0.4 is 19.6 Å². The topological polar surface area (TPSA) is 69.2 Å². The number of hydrogen-bond acceptors (Lipinski definition) is 5. The summed E-state index contributed by atoms with van der Waals surface area (Å²) in [4.78, 5) is 12.2. The van der Waals surface area contributed by atoms with Crippen LogP contribution in [0.5, 0.6) is 17.2 Å². The van der Waals surface area contributed by atoms with Crippen molar-refractivity contribution >= 4 is 23.7 Å². The molecule has 0 unspecified atom stereocenters. The number of ether oxygens (including phenoxy) is 3. The molecule has 0 saturated carbocycles. The monoisotopic (exact) mass is 480 g/mol. The summed E-state index contributed by atoms with van der Waals surface area (Å²) in [6.07, 6.45) is 1.73. The average Bonchev–Trinajstić information content (AvgIpc) is 2.81. The van der Waals surface area contributed by atoms with E-state index in [-0.39, 0.29) is 12.3 Å². The number of nitrogens with zero attached hydrogens (tertiary/aromatic N) is 1. The Hall–Kier alpha value is -3.51. The number of hydrazone groups is 1. The molecule has 6 nitrogen and oxygen atoms in total. The van der Waals surface area contributed by atoms with E-state index in [0.29, 0.717) is 41.9 Å². The fourth-order valence-electron chi connectivity index (χ4n) is 3.18. The van der Waals surface area contributed by atoms with E-state index in [9.17, 15) is 4.79 Å². The molecule has 0 atom stereocenters. The van der Waals surface area contributed by atoms with Gasteiger partial charge < -0.3 is 14.2 Å². The van der Waals surface area contributed by atoms with Gasteiger partial charge in [0.25, 0.3) is 0 Å². The summed E-state index contributed by atoms with van der Waals surface area (Å²) in [5.74, 6) is 1.54. The second-order valence-electron chi connectivity index (χ2n) is 7.58. The zero-order valence-electron chi connectivity index (χ0n) is 19.6. The van der Waals surface area contributed by atoms with Crippen molar-refractivity contribution in [2.24, 2.45) is 5.10 Å². The van der Waals surface area contributed by atoms with E-state index in [1.807, 2.05) is 69.3 Å². The minimum Gasteiger partial charge on any atom is -0.494 e. The summed E-state index contributed by atoms with van der Waals surface area (Å²) in [7, 11) is 0. The van der Waals surface area contributed by atoms with Crippen LogP contribution in [0.3, 0.4) is 0 Å². The smallest absolute Gasteiger partial charge is 0.244 e. The number of carbonyl (C=O) groups is 1. The molecular weight excluding hydrogens is 452 g/mol. The van der Waals surface area contributed by atoms with Crippen LogP contribution in [0.15, 0.2) is 65.8 Å². The molecule has 0 radical (unpaired) electrons. The number of amides is 1. The van der Waals surface area contributed by atoms with Crippen molar-refractivity contribution in [1.29, 1.82) is 0 Å². The van der Waals surface area contributed by atoms with Crippen molar-refractivity contribution < 1.29 is 19.0 Å². The standard InChI is InChI=1S/C27H29ClN2O4/c1-4-32-23-12-10-20(11-13-23)16-26(31)30-29-17-22-14-24(28)27(25(15-22)33-5-2)34-18-21-8-6-19(3)7-9-21/h6-15,17H,4-5,16,18H2,1-3H3,(H,30,31)/b29-17-. The minimum absolute atomic E-state index is 0.209. The van der Waals surface area contributed by atoms with Crippen LogP contribution in [0.25, 0.3) is 0 Å². The number of nitrogens with one attached hydrogen (secondary N) is 1. The van der Waals surface area contributed by atoms with Crippen molar-refractivity contribution in [3.05, 3.63) is 87.9 Å². The molecule has 0 aliphatic rings. The molecule has 0 fully saturated rings. The third-order valence-corrected chi connectivity index (χ3v) is 5.12. The first kappa shape index (κ1) is 25.1. The number of benzene rings is 3. The predicted octanol–water partition coefficient (Wildman–Crippen LogP) is 5.72. The van der Waals surface area contributed by atoms with Gasteiger partial charge >= 0.3 is 0 Å². The van der Waals surface area contributed by atoms with Crippen molar-refractivity contribution in [3.8, 4) is 17.2 Å². The van der Waals surface area contributed by atoms with Crippen LogP contribution in [0.4, 0.5) is 0 Å². The molecule has 0 aliphatic carbocycles. The Morgan fingerprint density at radius 1 is 0.941 bits per heavy atom. The van der Waals surface area contributed by atoms with Crippen molar-refractivity contribution in [1.82, 2.24) is 5.43 Å². The van der Waals surface area contributed by atoms with E-state index in [0.717, 1.165) is 16.9 Å². The Morgan fingerprint density at radius 3 is 2.29 bits per heavy atom. The second-order valence-corrected chi connectivity index (χ2v) is 7.99. The molecule has 0 spiro atoms. The van der Waals surface area contributed by atoms with Crippen molar-refractivity contribution in [3.63, 3.8) is 0 Å². The molecule has 7 heteroatoms. The van der Waals surface area contributed by atoms with E-state index in [4.69, 9.17) is 25.8 Å². The largest absolute Gasteiger partial charge is 0.494 e. The lowest BCUT2D eigenvalue weighted by atomic mass is 10.1. The van der Waals surface area contributed by atoms with Crippen LogP contribution in [-0.2, 0) is 17.8 Å². The summed E-state index contributed by atoms with van der Waals surface area (Å²) in [5.41, 5.74) is 6.31. The van der Waals surface area contributed by atoms with Crippen LogP contribution in [-0.4, -0.2) is 25.3 Å². The maximum atomic E-state index is 12.2. The molecule has 0 aromatic heterocycles. The average molecular weight is 481 g/mol. The van der Waals surface area contributed by atoms with Crippen LogP contribution >= 0.6 is 11.6 Å². The van der Waals surface area contributed by atoms with E-state index in [1.54, 1.807) is 12.1 Å². The normalized spacial score (nSPS) is 10.8. The van der Waals surface area contributed by atoms with E-state index < -0.39 is 0 Å². The zero-order valence-corrected chi connectivity index (χ0v) is 20.4. The van der Waals surface area contributed by atoms with Gasteiger partial charge in [0.2, 0.25) is 5.91 Å². The van der Waals surface area contributed by atoms with Crippen LogP contribution in [0.2, 0.25) is 5.02 Å². The Bertz CT molecular complexity index is 1110. The Morgan fingerprint density at radius 2 is 1.62 bits per heavy atom. The first-order chi connectivity index (χ1) is 16.5. The summed E-state index contributed by atoms with van der Waals surface area (Å²) < 4.78 is 17.1. The summed E-state index contributed by atoms with van der Waals surface area (Å²) in [6, 6.07) is 19.0. The number of hydrogen-bond donors (Lipinski definition) is 1. The van der Waals surface area contributed by atoms with E-state index in [2.05, 4.69) is 10.5 Å². The van der Waals surface area contributed by atoms with Gasteiger partial charge in [-0.05, 0) is 61.7 Å². The fourth-order valence-corrected chi connectivity index (χ4v) is 3.45. The zero-order chi connectivity index (χ0) is 24.3. The van der Waals surface area contributed by atoms with Gasteiger partial charge in [-0.1, -0.05) is 53.6 Å². The van der Waals surface area contributed by atoms with Gasteiger partial charge in [0.05, 0.1) is 30.9 Å². The van der Waals surface area contributed by atoms with Gasteiger partial charge in [0, 0.05) is 0 Å². The van der Waals surface area contributed by atoms with Gasteiger partial charge in [-0.3, -0.25) is 4.79 Å². The van der Waals surface area contributed by atoms with Gasteiger partial charge in [0.1, 0.15) is 12.4 Å². The van der Waals surface area contributed by atoms with Gasteiger partial charge in [-0.15, -0.1) is 0 Å². The molecule has 3 aromatic carbocycles. The highest BCUT2D eigenvalue weighted by molar-refractivity contribution is 6.32. The minimum atomic E-state index is -0.227.